The number of benzene rings is 2. The molecule has 104 valence electrons. The van der Waals surface area contributed by atoms with Crippen molar-refractivity contribution in [1.82, 2.24) is 0 Å². The first-order chi connectivity index (χ1) is 9.40. The predicted molar refractivity (Wildman–Crippen MR) is 83.4 cm³/mol. The van der Waals surface area contributed by atoms with E-state index < -0.39 is 0 Å². The van der Waals surface area contributed by atoms with Crippen LogP contribution in [0.5, 0.6) is 11.5 Å². The molecule has 0 heterocycles. The van der Waals surface area contributed by atoms with Gasteiger partial charge in [0.25, 0.3) is 0 Å². The largest absolute Gasteiger partial charge is 0.508 e. The fourth-order valence-electron chi connectivity index (χ4n) is 2.21. The summed E-state index contributed by atoms with van der Waals surface area (Å²) >= 11 is 12.1. The lowest BCUT2D eigenvalue weighted by Crippen LogP contribution is -1.95. The topological polar surface area (TPSA) is 40.5 Å². The van der Waals surface area contributed by atoms with E-state index in [4.69, 9.17) is 23.2 Å². The summed E-state index contributed by atoms with van der Waals surface area (Å²) in [6.45, 7) is 3.75. The van der Waals surface area contributed by atoms with E-state index >= 15 is 0 Å². The summed E-state index contributed by atoms with van der Waals surface area (Å²) < 4.78 is 0.146. The first kappa shape index (κ1) is 14.8. The lowest BCUT2D eigenvalue weighted by atomic mass is 9.92. The van der Waals surface area contributed by atoms with Gasteiger partial charge in [-0.05, 0) is 60.4 Å². The van der Waals surface area contributed by atoms with Crippen molar-refractivity contribution in [2.24, 2.45) is 0 Å². The quantitative estimate of drug-likeness (QED) is 0.827. The van der Waals surface area contributed by atoms with Crippen LogP contribution in [0.15, 0.2) is 40.9 Å². The molecule has 20 heavy (non-hydrogen) atoms. The highest BCUT2D eigenvalue weighted by molar-refractivity contribution is 6.59. The average molecular weight is 309 g/mol. The minimum atomic E-state index is 0.146. The molecule has 0 aromatic heterocycles. The van der Waals surface area contributed by atoms with Crippen LogP contribution in [0.4, 0.5) is 0 Å². The maximum Gasteiger partial charge on any atom is 0.115 e. The molecule has 0 aliphatic carbocycles. The van der Waals surface area contributed by atoms with Crippen molar-refractivity contribution in [3.63, 3.8) is 0 Å². The second kappa shape index (κ2) is 5.78. The van der Waals surface area contributed by atoms with Gasteiger partial charge in [-0.25, -0.2) is 0 Å². The van der Waals surface area contributed by atoms with Crippen LogP contribution in [0.25, 0.3) is 5.57 Å². The molecule has 0 unspecified atom stereocenters. The SMILES string of the molecule is Cc1cc(O)ccc1C(=C(Cl)Cl)c1ccc(O)cc1C. The molecule has 0 saturated carbocycles. The van der Waals surface area contributed by atoms with Crippen molar-refractivity contribution in [1.29, 1.82) is 0 Å². The second-order valence-corrected chi connectivity index (χ2v) is 5.58. The zero-order valence-electron chi connectivity index (χ0n) is 11.1. The highest BCUT2D eigenvalue weighted by Crippen LogP contribution is 2.36. The highest BCUT2D eigenvalue weighted by atomic mass is 35.5. The minimum absolute atomic E-state index is 0.146. The van der Waals surface area contributed by atoms with Crippen LogP contribution in [-0.4, -0.2) is 10.2 Å². The lowest BCUT2D eigenvalue weighted by molar-refractivity contribution is 0.474. The standard InChI is InChI=1S/C16H14Cl2O2/c1-9-7-11(19)3-5-13(9)15(16(17)18)14-6-4-12(20)8-10(14)2/h3-8,19-20H,1-2H3. The number of rotatable bonds is 2. The fourth-order valence-corrected chi connectivity index (χ4v) is 2.61. The number of phenols is 2. The number of phenolic OH excluding ortho intramolecular Hbond substituents is 2. The summed E-state index contributed by atoms with van der Waals surface area (Å²) in [7, 11) is 0. The van der Waals surface area contributed by atoms with Crippen molar-refractivity contribution in [3.05, 3.63) is 63.1 Å². The molecule has 0 aliphatic rings. The van der Waals surface area contributed by atoms with Gasteiger partial charge in [-0.1, -0.05) is 35.3 Å². The van der Waals surface area contributed by atoms with Gasteiger partial charge in [0.2, 0.25) is 0 Å². The molecular weight excluding hydrogens is 295 g/mol. The summed E-state index contributed by atoms with van der Waals surface area (Å²) in [4.78, 5) is 0. The maximum absolute atomic E-state index is 9.50. The van der Waals surface area contributed by atoms with Gasteiger partial charge in [-0.2, -0.15) is 0 Å². The molecule has 4 heteroatoms. The molecule has 0 bridgehead atoms. The molecular formula is C16H14Cl2O2. The number of aromatic hydroxyl groups is 2. The Hall–Kier alpha value is -1.64. The normalized spacial score (nSPS) is 10.4. The average Bonchev–Trinajstić information content (AvgIpc) is 2.34. The highest BCUT2D eigenvalue weighted by Gasteiger charge is 2.14. The molecule has 2 N–H and O–H groups in total. The number of hydrogen-bond donors (Lipinski definition) is 2. The molecule has 2 aromatic carbocycles. The van der Waals surface area contributed by atoms with Gasteiger partial charge in [0, 0.05) is 5.57 Å². The second-order valence-electron chi connectivity index (χ2n) is 4.63. The summed E-state index contributed by atoms with van der Waals surface area (Å²) in [5.41, 5.74) is 4.11. The summed E-state index contributed by atoms with van der Waals surface area (Å²) in [5, 5.41) is 19.0. The summed E-state index contributed by atoms with van der Waals surface area (Å²) in [6, 6.07) is 10.0. The van der Waals surface area contributed by atoms with Gasteiger partial charge in [0.1, 0.15) is 16.0 Å². The molecule has 0 atom stereocenters. The Morgan fingerprint density at radius 2 is 1.20 bits per heavy atom. The summed E-state index contributed by atoms with van der Waals surface area (Å²) in [6.07, 6.45) is 0. The Morgan fingerprint density at radius 3 is 1.50 bits per heavy atom. The molecule has 2 aromatic rings. The van der Waals surface area contributed by atoms with Crippen LogP contribution in [-0.2, 0) is 0 Å². The van der Waals surface area contributed by atoms with Gasteiger partial charge in [-0.15, -0.1) is 0 Å². The monoisotopic (exact) mass is 308 g/mol. The van der Waals surface area contributed by atoms with Crippen molar-refractivity contribution in [3.8, 4) is 11.5 Å². The van der Waals surface area contributed by atoms with E-state index in [1.807, 2.05) is 13.8 Å². The van der Waals surface area contributed by atoms with Crippen molar-refractivity contribution >= 4 is 28.8 Å². The fraction of sp³-hybridized carbons (Fsp3) is 0.125. The Bertz CT molecular complexity index is 633. The van der Waals surface area contributed by atoms with Gasteiger partial charge in [0.05, 0.1) is 0 Å². The van der Waals surface area contributed by atoms with Crippen molar-refractivity contribution in [2.75, 3.05) is 0 Å². The van der Waals surface area contributed by atoms with Crippen LogP contribution in [0.1, 0.15) is 22.3 Å². The Labute approximate surface area is 127 Å². The Balaban J connectivity index is 2.67. The number of hydrogen-bond acceptors (Lipinski definition) is 2. The van der Waals surface area contributed by atoms with Gasteiger partial charge < -0.3 is 10.2 Å². The number of aryl methyl sites for hydroxylation is 2. The van der Waals surface area contributed by atoms with E-state index in [0.29, 0.717) is 5.57 Å². The molecule has 0 spiro atoms. The first-order valence-corrected chi connectivity index (χ1v) is 6.81. The van der Waals surface area contributed by atoms with Crippen LogP contribution < -0.4 is 0 Å². The zero-order chi connectivity index (χ0) is 14.9. The van der Waals surface area contributed by atoms with Gasteiger partial charge in [0.15, 0.2) is 0 Å². The Morgan fingerprint density at radius 1 is 0.800 bits per heavy atom. The van der Waals surface area contributed by atoms with E-state index in [0.717, 1.165) is 22.3 Å². The third-order valence-electron chi connectivity index (χ3n) is 3.15. The molecule has 0 saturated heterocycles. The van der Waals surface area contributed by atoms with Crippen molar-refractivity contribution < 1.29 is 10.2 Å². The third kappa shape index (κ3) is 2.92. The molecule has 0 aliphatic heterocycles. The van der Waals surface area contributed by atoms with E-state index in [-0.39, 0.29) is 16.0 Å². The van der Waals surface area contributed by atoms with E-state index in [1.54, 1.807) is 36.4 Å². The van der Waals surface area contributed by atoms with Crippen LogP contribution in [0, 0.1) is 13.8 Å². The molecule has 2 rings (SSSR count). The van der Waals surface area contributed by atoms with Crippen molar-refractivity contribution in [2.45, 2.75) is 13.8 Å². The lowest BCUT2D eigenvalue weighted by Gasteiger charge is -2.14. The van der Waals surface area contributed by atoms with Crippen LogP contribution >= 0.6 is 23.2 Å². The molecule has 2 nitrogen and oxygen atoms in total. The number of halogens is 2. The molecule has 0 radical (unpaired) electrons. The Kier molecular flexibility index (Phi) is 4.26. The van der Waals surface area contributed by atoms with E-state index in [1.165, 1.54) is 0 Å². The van der Waals surface area contributed by atoms with Gasteiger partial charge >= 0.3 is 0 Å². The first-order valence-electron chi connectivity index (χ1n) is 6.05. The minimum Gasteiger partial charge on any atom is -0.508 e. The van der Waals surface area contributed by atoms with E-state index in [2.05, 4.69) is 0 Å². The maximum atomic E-state index is 9.50. The van der Waals surface area contributed by atoms with Gasteiger partial charge in [-0.3, -0.25) is 0 Å². The zero-order valence-corrected chi connectivity index (χ0v) is 12.6. The molecule has 0 amide bonds. The molecule has 0 fully saturated rings. The smallest absolute Gasteiger partial charge is 0.115 e. The summed E-state index contributed by atoms with van der Waals surface area (Å²) in [5.74, 6) is 0.387. The third-order valence-corrected chi connectivity index (χ3v) is 3.53. The van der Waals surface area contributed by atoms with Crippen LogP contribution in [0.3, 0.4) is 0 Å². The van der Waals surface area contributed by atoms with Crippen LogP contribution in [0.2, 0.25) is 0 Å². The predicted octanol–water partition coefficient (Wildman–Crippen LogP) is 4.91. The van der Waals surface area contributed by atoms with E-state index in [9.17, 15) is 10.2 Å².